The van der Waals surface area contributed by atoms with Crippen molar-refractivity contribution in [3.05, 3.63) is 64.3 Å². The van der Waals surface area contributed by atoms with Gasteiger partial charge in [-0.3, -0.25) is 0 Å². The van der Waals surface area contributed by atoms with E-state index in [2.05, 4.69) is 25.5 Å². The minimum absolute atomic E-state index is 0.105. The van der Waals surface area contributed by atoms with Gasteiger partial charge in [0.15, 0.2) is 5.82 Å². The van der Waals surface area contributed by atoms with E-state index in [-0.39, 0.29) is 28.5 Å². The van der Waals surface area contributed by atoms with Crippen molar-refractivity contribution >= 4 is 40.7 Å². The van der Waals surface area contributed by atoms with Gasteiger partial charge < -0.3 is 30.5 Å². The third kappa shape index (κ3) is 6.00. The maximum atomic E-state index is 11.5. The Morgan fingerprint density at radius 3 is 2.57 bits per heavy atom. The molecule has 35 heavy (non-hydrogen) atoms. The van der Waals surface area contributed by atoms with Crippen molar-refractivity contribution in [2.24, 2.45) is 0 Å². The number of carbonyl (C=O) groups is 1. The summed E-state index contributed by atoms with van der Waals surface area (Å²) in [5.74, 6) is 0.169. The highest BCUT2D eigenvalue weighted by Crippen LogP contribution is 2.33. The van der Waals surface area contributed by atoms with Gasteiger partial charge in [0.2, 0.25) is 5.95 Å². The van der Waals surface area contributed by atoms with E-state index in [1.807, 2.05) is 12.1 Å². The Morgan fingerprint density at radius 1 is 1.17 bits per heavy atom. The number of rotatable bonds is 8. The minimum Gasteiger partial charge on any atom is -0.495 e. The Bertz CT molecular complexity index is 1220. The third-order valence-electron chi connectivity index (χ3n) is 5.84. The van der Waals surface area contributed by atoms with E-state index in [4.69, 9.17) is 16.3 Å². The molecule has 4 N–H and O–H groups in total. The van der Waals surface area contributed by atoms with Crippen molar-refractivity contribution in [2.45, 2.75) is 25.9 Å². The molecule has 0 bridgehead atoms. The van der Waals surface area contributed by atoms with Crippen molar-refractivity contribution in [3.63, 3.8) is 0 Å². The van der Waals surface area contributed by atoms with E-state index >= 15 is 0 Å². The molecule has 0 saturated carbocycles. The van der Waals surface area contributed by atoms with Crippen LogP contribution in [0.3, 0.4) is 0 Å². The Balaban J connectivity index is 1.58. The number of aliphatic hydroxyl groups is 1. The number of fused-ring (bicyclic) bond motifs is 1. The normalized spacial score (nSPS) is 14.5. The second-order valence-electron chi connectivity index (χ2n) is 8.46. The topological polar surface area (TPSA) is 120 Å². The molecule has 184 valence electrons. The van der Waals surface area contributed by atoms with Gasteiger partial charge in [0.25, 0.3) is 0 Å². The van der Waals surface area contributed by atoms with Gasteiger partial charge in [0, 0.05) is 19.6 Å². The number of anilines is 4. The fraction of sp³-hybridized carbons (Fsp3) is 0.320. The summed E-state index contributed by atoms with van der Waals surface area (Å²) in [6.45, 7) is 4.19. The first-order valence-electron chi connectivity index (χ1n) is 11.3. The van der Waals surface area contributed by atoms with Crippen molar-refractivity contribution in [1.29, 1.82) is 0 Å². The van der Waals surface area contributed by atoms with Crippen LogP contribution in [0.1, 0.15) is 28.4 Å². The second-order valence-corrected chi connectivity index (χ2v) is 8.87. The number of para-hydroxylation sites is 1. The molecule has 9 nitrogen and oxygen atoms in total. The average molecular weight is 498 g/mol. The number of aromatic nitrogens is 2. The summed E-state index contributed by atoms with van der Waals surface area (Å²) in [6, 6.07) is 10.6. The molecule has 3 aromatic rings. The largest absolute Gasteiger partial charge is 0.495 e. The number of halogens is 1. The highest BCUT2D eigenvalue weighted by atomic mass is 35.5. The van der Waals surface area contributed by atoms with Crippen LogP contribution in [0.25, 0.3) is 0 Å². The average Bonchev–Trinajstić information content (AvgIpc) is 3.02. The molecule has 0 radical (unpaired) electrons. The lowest BCUT2D eigenvalue weighted by molar-refractivity contribution is 0.0698. The SMILES string of the molecule is COc1cc2c(cc1Nc1ncc(Cl)c(Nc3ccccc3C(=O)O)n1)CCN(CC(C)O)CC2. The Labute approximate surface area is 208 Å². The van der Waals surface area contributed by atoms with Crippen LogP contribution in [0.5, 0.6) is 5.75 Å². The van der Waals surface area contributed by atoms with Crippen LogP contribution in [-0.4, -0.2) is 63.9 Å². The molecule has 2 aromatic carbocycles. The molecular formula is C25H28ClN5O4. The van der Waals surface area contributed by atoms with Gasteiger partial charge in [0.1, 0.15) is 10.8 Å². The van der Waals surface area contributed by atoms with E-state index in [9.17, 15) is 15.0 Å². The van der Waals surface area contributed by atoms with Crippen LogP contribution in [0.15, 0.2) is 42.6 Å². The molecule has 10 heteroatoms. The summed E-state index contributed by atoms with van der Waals surface area (Å²) < 4.78 is 5.63. The van der Waals surface area contributed by atoms with Gasteiger partial charge in [-0.25, -0.2) is 9.78 Å². The molecular weight excluding hydrogens is 470 g/mol. The first kappa shape index (κ1) is 24.7. The van der Waals surface area contributed by atoms with Crippen LogP contribution < -0.4 is 15.4 Å². The molecule has 2 heterocycles. The number of nitrogens with one attached hydrogen (secondary N) is 2. The number of carboxylic acid groups (broad SMARTS) is 1. The number of nitrogens with zero attached hydrogens (tertiary/aromatic N) is 3. The quantitative estimate of drug-likeness (QED) is 0.364. The van der Waals surface area contributed by atoms with Crippen LogP contribution in [0.2, 0.25) is 5.02 Å². The number of hydrogen-bond donors (Lipinski definition) is 4. The van der Waals surface area contributed by atoms with Crippen molar-refractivity contribution in [3.8, 4) is 5.75 Å². The standard InChI is InChI=1S/C25H28ClN5O4/c1-15(32)14-31-9-7-16-11-21(22(35-2)12-17(16)8-10-31)29-25-27-13-19(26)23(30-25)28-20-6-4-3-5-18(20)24(33)34/h3-6,11-13,15,32H,7-10,14H2,1-2H3,(H,33,34)(H2,27,28,29,30). The monoisotopic (exact) mass is 497 g/mol. The predicted octanol–water partition coefficient (Wildman–Crippen LogP) is 4.11. The molecule has 1 unspecified atom stereocenters. The molecule has 0 amide bonds. The van der Waals surface area contributed by atoms with E-state index in [1.54, 1.807) is 32.2 Å². The number of aliphatic hydroxyl groups excluding tert-OH is 1. The zero-order chi connectivity index (χ0) is 24.9. The number of β-amino-alcohol motifs (C(OH)–C–C–N with tert-alkyl or cyclic N) is 1. The molecule has 4 rings (SSSR count). The Hall–Kier alpha value is -3.40. The summed E-state index contributed by atoms with van der Waals surface area (Å²) >= 11 is 6.29. The molecule has 1 atom stereocenters. The number of carboxylic acids is 1. The first-order valence-corrected chi connectivity index (χ1v) is 11.7. The molecule has 1 aliphatic rings. The van der Waals surface area contributed by atoms with E-state index in [0.29, 0.717) is 18.0 Å². The summed E-state index contributed by atoms with van der Waals surface area (Å²) in [5, 5.41) is 25.7. The van der Waals surface area contributed by atoms with Crippen LogP contribution in [-0.2, 0) is 12.8 Å². The summed E-state index contributed by atoms with van der Waals surface area (Å²) in [6.07, 6.45) is 2.80. The number of ether oxygens (including phenoxy) is 1. The van der Waals surface area contributed by atoms with Crippen LogP contribution in [0, 0.1) is 0 Å². The maximum Gasteiger partial charge on any atom is 0.337 e. The number of aromatic carboxylic acids is 1. The van der Waals surface area contributed by atoms with E-state index < -0.39 is 5.97 Å². The van der Waals surface area contributed by atoms with Gasteiger partial charge in [0.05, 0.1) is 36.3 Å². The molecule has 1 aromatic heterocycles. The number of methoxy groups -OCH3 is 1. The molecule has 0 fully saturated rings. The van der Waals surface area contributed by atoms with Gasteiger partial charge >= 0.3 is 5.97 Å². The lowest BCUT2D eigenvalue weighted by Crippen LogP contribution is -2.33. The Kier molecular flexibility index (Phi) is 7.70. The molecule has 1 aliphatic heterocycles. The van der Waals surface area contributed by atoms with Crippen molar-refractivity contribution < 1.29 is 19.7 Å². The molecule has 0 aliphatic carbocycles. The summed E-state index contributed by atoms with van der Waals surface area (Å²) in [4.78, 5) is 22.6. The van der Waals surface area contributed by atoms with Crippen LogP contribution >= 0.6 is 11.6 Å². The van der Waals surface area contributed by atoms with E-state index in [1.165, 1.54) is 23.4 Å². The van der Waals surface area contributed by atoms with Gasteiger partial charge in [-0.05, 0) is 55.2 Å². The highest BCUT2D eigenvalue weighted by Gasteiger charge is 2.19. The minimum atomic E-state index is -1.06. The van der Waals surface area contributed by atoms with Gasteiger partial charge in [-0.15, -0.1) is 0 Å². The summed E-state index contributed by atoms with van der Waals surface area (Å²) in [5.41, 5.74) is 3.60. The number of benzene rings is 2. The summed E-state index contributed by atoms with van der Waals surface area (Å²) in [7, 11) is 1.61. The second kappa shape index (κ2) is 10.9. The van der Waals surface area contributed by atoms with E-state index in [0.717, 1.165) is 31.6 Å². The first-order chi connectivity index (χ1) is 16.8. The smallest absolute Gasteiger partial charge is 0.337 e. The Morgan fingerprint density at radius 2 is 1.89 bits per heavy atom. The predicted molar refractivity (Wildman–Crippen MR) is 136 cm³/mol. The molecule has 0 spiro atoms. The zero-order valence-electron chi connectivity index (χ0n) is 19.6. The molecule has 0 saturated heterocycles. The lowest BCUT2D eigenvalue weighted by atomic mass is 10.0. The maximum absolute atomic E-state index is 11.5. The third-order valence-corrected chi connectivity index (χ3v) is 6.12. The highest BCUT2D eigenvalue weighted by molar-refractivity contribution is 6.33. The lowest BCUT2D eigenvalue weighted by Gasteiger charge is -2.20. The fourth-order valence-corrected chi connectivity index (χ4v) is 4.30. The fourth-order valence-electron chi connectivity index (χ4n) is 4.17. The van der Waals surface area contributed by atoms with Gasteiger partial charge in [-0.1, -0.05) is 23.7 Å². The van der Waals surface area contributed by atoms with Crippen molar-refractivity contribution in [2.75, 3.05) is 37.4 Å². The van der Waals surface area contributed by atoms with Gasteiger partial charge in [-0.2, -0.15) is 4.98 Å². The van der Waals surface area contributed by atoms with Crippen LogP contribution in [0.4, 0.5) is 23.1 Å². The van der Waals surface area contributed by atoms with Crippen molar-refractivity contribution in [1.82, 2.24) is 14.9 Å². The number of hydrogen-bond acceptors (Lipinski definition) is 8. The zero-order valence-corrected chi connectivity index (χ0v) is 20.3.